The zero-order valence-corrected chi connectivity index (χ0v) is 12.1. The Labute approximate surface area is 120 Å². The smallest absolute Gasteiger partial charge is 0.120 e. The lowest BCUT2D eigenvalue weighted by molar-refractivity contribution is 0.146. The van der Waals surface area contributed by atoms with Gasteiger partial charge in [-0.15, -0.1) is 0 Å². The van der Waals surface area contributed by atoms with Gasteiger partial charge in [0.1, 0.15) is 18.4 Å². The number of anilines is 1. The van der Waals surface area contributed by atoms with Crippen LogP contribution in [0.5, 0.6) is 5.75 Å². The van der Waals surface area contributed by atoms with Gasteiger partial charge in [0.15, 0.2) is 0 Å². The van der Waals surface area contributed by atoms with Gasteiger partial charge in [-0.25, -0.2) is 0 Å². The van der Waals surface area contributed by atoms with Crippen LogP contribution in [-0.4, -0.2) is 58.5 Å². The maximum absolute atomic E-state index is 9.33. The standard InChI is InChI=1S/C15H21N3O2/c1-17-5-7-18(8-6-17)15-4-3-14(11-13(15)12-16)20-10-9-19-2/h3-4,11H,5-10H2,1-2H3. The van der Waals surface area contributed by atoms with Crippen LogP contribution in [0.15, 0.2) is 18.2 Å². The van der Waals surface area contributed by atoms with E-state index in [4.69, 9.17) is 9.47 Å². The van der Waals surface area contributed by atoms with Crippen LogP contribution in [0.3, 0.4) is 0 Å². The van der Waals surface area contributed by atoms with Gasteiger partial charge < -0.3 is 19.3 Å². The molecule has 0 atom stereocenters. The summed E-state index contributed by atoms with van der Waals surface area (Å²) < 4.78 is 10.5. The molecule has 108 valence electrons. The highest BCUT2D eigenvalue weighted by Gasteiger charge is 2.17. The Hall–Kier alpha value is -1.77. The van der Waals surface area contributed by atoms with E-state index in [1.54, 1.807) is 7.11 Å². The normalized spacial score (nSPS) is 15.9. The van der Waals surface area contributed by atoms with Crippen LogP contribution in [-0.2, 0) is 4.74 Å². The summed E-state index contributed by atoms with van der Waals surface area (Å²) in [4.78, 5) is 4.56. The summed E-state index contributed by atoms with van der Waals surface area (Å²) in [5, 5.41) is 9.33. The first-order chi connectivity index (χ1) is 9.74. The molecule has 0 unspecified atom stereocenters. The van der Waals surface area contributed by atoms with Gasteiger partial charge in [-0.2, -0.15) is 5.26 Å². The molecule has 1 saturated heterocycles. The number of nitrogens with zero attached hydrogens (tertiary/aromatic N) is 3. The second-order valence-electron chi connectivity index (χ2n) is 4.92. The van der Waals surface area contributed by atoms with Crippen LogP contribution in [0.4, 0.5) is 5.69 Å². The van der Waals surface area contributed by atoms with E-state index in [-0.39, 0.29) is 0 Å². The minimum atomic E-state index is 0.495. The molecule has 5 nitrogen and oxygen atoms in total. The summed E-state index contributed by atoms with van der Waals surface area (Å²) in [7, 11) is 3.76. The van der Waals surface area contributed by atoms with Crippen molar-refractivity contribution in [1.29, 1.82) is 5.26 Å². The summed E-state index contributed by atoms with van der Waals surface area (Å²) >= 11 is 0. The maximum atomic E-state index is 9.33. The van der Waals surface area contributed by atoms with Gasteiger partial charge in [0.05, 0.1) is 17.9 Å². The number of piperazine rings is 1. The van der Waals surface area contributed by atoms with Crippen molar-refractivity contribution in [1.82, 2.24) is 4.90 Å². The number of nitriles is 1. The molecule has 1 aliphatic heterocycles. The van der Waals surface area contributed by atoms with Crippen LogP contribution in [0, 0.1) is 11.3 Å². The van der Waals surface area contributed by atoms with Crippen molar-refractivity contribution < 1.29 is 9.47 Å². The molecule has 0 radical (unpaired) electrons. The summed E-state index contributed by atoms with van der Waals surface area (Å²) in [5.74, 6) is 0.719. The first kappa shape index (κ1) is 14.6. The van der Waals surface area contributed by atoms with Crippen molar-refractivity contribution >= 4 is 5.69 Å². The number of ether oxygens (including phenoxy) is 2. The highest BCUT2D eigenvalue weighted by atomic mass is 16.5. The molecule has 20 heavy (non-hydrogen) atoms. The lowest BCUT2D eigenvalue weighted by Gasteiger charge is -2.34. The monoisotopic (exact) mass is 275 g/mol. The number of rotatable bonds is 5. The molecular formula is C15H21N3O2. The van der Waals surface area contributed by atoms with Crippen molar-refractivity contribution in [3.63, 3.8) is 0 Å². The van der Waals surface area contributed by atoms with Crippen molar-refractivity contribution in [3.05, 3.63) is 23.8 Å². The largest absolute Gasteiger partial charge is 0.491 e. The first-order valence-electron chi connectivity index (χ1n) is 6.84. The lowest BCUT2D eigenvalue weighted by Crippen LogP contribution is -2.44. The Morgan fingerprint density at radius 3 is 2.60 bits per heavy atom. The van der Waals surface area contributed by atoms with Crippen LogP contribution >= 0.6 is 0 Å². The quantitative estimate of drug-likeness (QED) is 0.759. The van der Waals surface area contributed by atoms with E-state index in [0.717, 1.165) is 37.6 Å². The first-order valence-corrected chi connectivity index (χ1v) is 6.84. The molecule has 0 bridgehead atoms. The number of hydrogen-bond donors (Lipinski definition) is 0. The molecule has 0 aromatic heterocycles. The van der Waals surface area contributed by atoms with Gasteiger partial charge in [-0.3, -0.25) is 0 Å². The molecule has 5 heteroatoms. The Morgan fingerprint density at radius 1 is 1.20 bits per heavy atom. The second kappa shape index (κ2) is 7.13. The second-order valence-corrected chi connectivity index (χ2v) is 4.92. The predicted molar refractivity (Wildman–Crippen MR) is 78.2 cm³/mol. The molecule has 1 aliphatic rings. The third-order valence-electron chi connectivity index (χ3n) is 3.49. The van der Waals surface area contributed by atoms with Gasteiger partial charge >= 0.3 is 0 Å². The molecular weight excluding hydrogens is 254 g/mol. The minimum Gasteiger partial charge on any atom is -0.491 e. The molecule has 0 aliphatic carbocycles. The topological polar surface area (TPSA) is 48.7 Å². The van der Waals surface area contributed by atoms with Gasteiger partial charge in [0.2, 0.25) is 0 Å². The molecule has 0 saturated carbocycles. The average molecular weight is 275 g/mol. The summed E-state index contributed by atoms with van der Waals surface area (Å²) in [6.07, 6.45) is 0. The van der Waals surface area contributed by atoms with E-state index in [0.29, 0.717) is 18.8 Å². The SMILES string of the molecule is COCCOc1ccc(N2CCN(C)CC2)c(C#N)c1. The summed E-state index contributed by atoms with van der Waals surface area (Å²) in [6.45, 7) is 5.00. The fourth-order valence-electron chi connectivity index (χ4n) is 2.26. The Balaban J connectivity index is 2.08. The van der Waals surface area contributed by atoms with Crippen molar-refractivity contribution in [3.8, 4) is 11.8 Å². The highest BCUT2D eigenvalue weighted by Crippen LogP contribution is 2.25. The van der Waals surface area contributed by atoms with E-state index in [1.807, 2.05) is 18.2 Å². The maximum Gasteiger partial charge on any atom is 0.120 e. The van der Waals surface area contributed by atoms with Crippen molar-refractivity contribution in [2.45, 2.75) is 0 Å². The van der Waals surface area contributed by atoms with Crippen LogP contribution in [0.2, 0.25) is 0 Å². The predicted octanol–water partition coefficient (Wildman–Crippen LogP) is 1.34. The van der Waals surface area contributed by atoms with E-state index in [9.17, 15) is 5.26 Å². The van der Waals surface area contributed by atoms with Crippen molar-refractivity contribution in [2.24, 2.45) is 0 Å². The number of benzene rings is 1. The van der Waals surface area contributed by atoms with Gasteiger partial charge in [0, 0.05) is 33.3 Å². The molecule has 0 spiro atoms. The van der Waals surface area contributed by atoms with E-state index < -0.39 is 0 Å². The zero-order valence-electron chi connectivity index (χ0n) is 12.1. The number of methoxy groups -OCH3 is 1. The molecule has 1 heterocycles. The number of hydrogen-bond acceptors (Lipinski definition) is 5. The molecule has 0 amide bonds. The minimum absolute atomic E-state index is 0.495. The zero-order chi connectivity index (χ0) is 14.4. The van der Waals surface area contributed by atoms with Crippen LogP contribution < -0.4 is 9.64 Å². The lowest BCUT2D eigenvalue weighted by atomic mass is 10.1. The average Bonchev–Trinajstić information content (AvgIpc) is 2.48. The summed E-state index contributed by atoms with van der Waals surface area (Å²) in [5.41, 5.74) is 1.67. The van der Waals surface area contributed by atoms with E-state index >= 15 is 0 Å². The number of likely N-dealkylation sites (N-methyl/N-ethyl adjacent to an activating group) is 1. The van der Waals surface area contributed by atoms with Crippen LogP contribution in [0.1, 0.15) is 5.56 Å². The van der Waals surface area contributed by atoms with Gasteiger partial charge in [-0.05, 0) is 25.2 Å². The molecule has 0 N–H and O–H groups in total. The Bertz CT molecular complexity index is 476. The third kappa shape index (κ3) is 3.62. The van der Waals surface area contributed by atoms with Crippen LogP contribution in [0.25, 0.3) is 0 Å². The third-order valence-corrected chi connectivity index (χ3v) is 3.49. The molecule has 1 aromatic carbocycles. The fourth-order valence-corrected chi connectivity index (χ4v) is 2.26. The Kier molecular flexibility index (Phi) is 5.22. The molecule has 2 rings (SSSR count). The summed E-state index contributed by atoms with van der Waals surface area (Å²) in [6, 6.07) is 7.98. The molecule has 1 aromatic rings. The van der Waals surface area contributed by atoms with E-state index in [1.165, 1.54) is 0 Å². The highest BCUT2D eigenvalue weighted by molar-refractivity contribution is 5.61. The van der Waals surface area contributed by atoms with Gasteiger partial charge in [-0.1, -0.05) is 0 Å². The van der Waals surface area contributed by atoms with Gasteiger partial charge in [0.25, 0.3) is 0 Å². The van der Waals surface area contributed by atoms with E-state index in [2.05, 4.69) is 22.9 Å². The van der Waals surface area contributed by atoms with Crippen molar-refractivity contribution in [2.75, 3.05) is 58.5 Å². The fraction of sp³-hybridized carbons (Fsp3) is 0.533. The Morgan fingerprint density at radius 2 is 1.95 bits per heavy atom. The molecule has 1 fully saturated rings.